The molecule has 4 nitrogen and oxygen atoms in total. The number of ether oxygens (including phenoxy) is 1. The zero-order chi connectivity index (χ0) is 14.7. The Hall–Kier alpha value is -2.27. The second-order valence-corrected chi connectivity index (χ2v) is 4.52. The molecule has 0 bridgehead atoms. The third kappa shape index (κ3) is 3.19. The molecule has 0 aliphatic rings. The molecule has 0 radical (unpaired) electrons. The Kier molecular flexibility index (Phi) is 4.10. The minimum atomic E-state index is -1.14. The molecule has 2 aromatic rings. The number of carbonyl (C=O) groups is 1. The minimum Gasteiger partial charge on any atom is -0.488 e. The number of carboxylic acid groups (broad SMARTS) is 1. The van der Waals surface area contributed by atoms with E-state index in [2.05, 4.69) is 0 Å². The molecule has 0 fully saturated rings. The van der Waals surface area contributed by atoms with E-state index in [9.17, 15) is 9.18 Å². The highest BCUT2D eigenvalue weighted by molar-refractivity contribution is 6.30. The van der Waals surface area contributed by atoms with Crippen molar-refractivity contribution in [2.75, 3.05) is 5.73 Å². The molecule has 2 rings (SSSR count). The van der Waals surface area contributed by atoms with Gasteiger partial charge in [-0.2, -0.15) is 0 Å². The van der Waals surface area contributed by atoms with Crippen LogP contribution in [0.2, 0.25) is 5.02 Å². The van der Waals surface area contributed by atoms with Crippen molar-refractivity contribution in [1.82, 2.24) is 0 Å². The van der Waals surface area contributed by atoms with Gasteiger partial charge in [0.25, 0.3) is 0 Å². The van der Waals surface area contributed by atoms with Gasteiger partial charge in [0.2, 0.25) is 0 Å². The van der Waals surface area contributed by atoms with E-state index in [1.165, 1.54) is 30.3 Å². The predicted octanol–water partition coefficient (Wildman–Crippen LogP) is 3.34. The summed E-state index contributed by atoms with van der Waals surface area (Å²) >= 11 is 5.65. The third-order valence-corrected chi connectivity index (χ3v) is 2.87. The molecule has 0 spiro atoms. The highest BCUT2D eigenvalue weighted by Crippen LogP contribution is 2.24. The average molecular weight is 296 g/mol. The van der Waals surface area contributed by atoms with Crippen molar-refractivity contribution in [2.45, 2.75) is 6.61 Å². The second-order valence-electron chi connectivity index (χ2n) is 4.09. The molecule has 0 saturated carbocycles. The Morgan fingerprint density at radius 1 is 1.30 bits per heavy atom. The van der Waals surface area contributed by atoms with Crippen molar-refractivity contribution in [3.63, 3.8) is 0 Å². The van der Waals surface area contributed by atoms with Gasteiger partial charge in [-0.05, 0) is 24.3 Å². The van der Waals surface area contributed by atoms with Gasteiger partial charge in [0.15, 0.2) is 0 Å². The number of aromatic carboxylic acids is 1. The van der Waals surface area contributed by atoms with Crippen molar-refractivity contribution in [2.24, 2.45) is 0 Å². The molecular weight excluding hydrogens is 285 g/mol. The molecule has 6 heteroatoms. The largest absolute Gasteiger partial charge is 0.488 e. The van der Waals surface area contributed by atoms with Gasteiger partial charge in [0.05, 0.1) is 0 Å². The minimum absolute atomic E-state index is 0.0337. The number of nitrogen functional groups attached to an aromatic ring is 1. The number of rotatable bonds is 4. The Bertz CT molecular complexity index is 661. The molecule has 104 valence electrons. The quantitative estimate of drug-likeness (QED) is 0.849. The van der Waals surface area contributed by atoms with Gasteiger partial charge < -0.3 is 15.6 Å². The Morgan fingerprint density at radius 3 is 2.70 bits per heavy atom. The molecule has 0 amide bonds. The predicted molar refractivity (Wildman–Crippen MR) is 73.6 cm³/mol. The SMILES string of the molecule is Nc1ccc(C(=O)O)c(OCc2ccc(Cl)cc2F)c1. The summed E-state index contributed by atoms with van der Waals surface area (Å²) in [6.07, 6.45) is 0. The first kappa shape index (κ1) is 14.1. The molecule has 0 aliphatic carbocycles. The van der Waals surface area contributed by atoms with Crippen LogP contribution in [0, 0.1) is 5.82 Å². The highest BCUT2D eigenvalue weighted by atomic mass is 35.5. The van der Waals surface area contributed by atoms with Crippen LogP contribution in [0.15, 0.2) is 36.4 Å². The number of carboxylic acids is 1. The first-order valence-electron chi connectivity index (χ1n) is 5.67. The van der Waals surface area contributed by atoms with Crippen molar-refractivity contribution in [1.29, 1.82) is 0 Å². The summed E-state index contributed by atoms with van der Waals surface area (Å²) in [6.45, 7) is -0.118. The summed E-state index contributed by atoms with van der Waals surface area (Å²) in [5.41, 5.74) is 6.18. The number of benzene rings is 2. The second kappa shape index (κ2) is 5.79. The van der Waals surface area contributed by atoms with Gasteiger partial charge in [-0.3, -0.25) is 0 Å². The first-order chi connectivity index (χ1) is 9.47. The van der Waals surface area contributed by atoms with Crippen molar-refractivity contribution in [3.8, 4) is 5.75 Å². The van der Waals surface area contributed by atoms with Crippen LogP contribution in [0.1, 0.15) is 15.9 Å². The number of hydrogen-bond donors (Lipinski definition) is 2. The Morgan fingerprint density at radius 2 is 2.05 bits per heavy atom. The fraction of sp³-hybridized carbons (Fsp3) is 0.0714. The van der Waals surface area contributed by atoms with E-state index in [-0.39, 0.29) is 28.5 Å². The van der Waals surface area contributed by atoms with Crippen molar-refractivity contribution < 1.29 is 19.0 Å². The molecule has 0 atom stereocenters. The summed E-state index contributed by atoms with van der Waals surface area (Å²) in [6, 6.07) is 8.35. The van der Waals surface area contributed by atoms with E-state index in [0.717, 1.165) is 6.07 Å². The third-order valence-electron chi connectivity index (χ3n) is 2.63. The zero-order valence-electron chi connectivity index (χ0n) is 10.3. The fourth-order valence-corrected chi connectivity index (χ4v) is 1.79. The number of halogens is 2. The van der Waals surface area contributed by atoms with Crippen LogP contribution in [-0.2, 0) is 6.61 Å². The van der Waals surface area contributed by atoms with Crippen molar-refractivity contribution >= 4 is 23.3 Å². The number of nitrogens with two attached hydrogens (primary N) is 1. The van der Waals surface area contributed by atoms with Crippen LogP contribution in [0.4, 0.5) is 10.1 Å². The lowest BCUT2D eigenvalue weighted by Crippen LogP contribution is -2.05. The van der Waals surface area contributed by atoms with E-state index in [1.54, 1.807) is 0 Å². The van der Waals surface area contributed by atoms with Crippen LogP contribution in [0.3, 0.4) is 0 Å². The van der Waals surface area contributed by atoms with Gasteiger partial charge in [-0.25, -0.2) is 9.18 Å². The highest BCUT2D eigenvalue weighted by Gasteiger charge is 2.12. The molecule has 0 unspecified atom stereocenters. The summed E-state index contributed by atoms with van der Waals surface area (Å²) < 4.78 is 18.9. The van der Waals surface area contributed by atoms with E-state index in [1.807, 2.05) is 0 Å². The standard InChI is InChI=1S/C14H11ClFNO3/c15-9-2-1-8(12(16)5-9)7-20-13-6-10(17)3-4-11(13)14(18)19/h1-6H,7,17H2,(H,18,19). The summed E-state index contributed by atoms with van der Waals surface area (Å²) in [5, 5.41) is 9.31. The van der Waals surface area contributed by atoms with E-state index in [0.29, 0.717) is 5.69 Å². The first-order valence-corrected chi connectivity index (χ1v) is 6.04. The zero-order valence-corrected chi connectivity index (χ0v) is 11.0. The maximum Gasteiger partial charge on any atom is 0.339 e. The smallest absolute Gasteiger partial charge is 0.339 e. The molecule has 2 aromatic carbocycles. The molecule has 3 N–H and O–H groups in total. The van der Waals surface area contributed by atoms with Crippen molar-refractivity contribution in [3.05, 3.63) is 58.4 Å². The van der Waals surface area contributed by atoms with Gasteiger partial charge in [-0.15, -0.1) is 0 Å². The lowest BCUT2D eigenvalue weighted by Gasteiger charge is -2.10. The van der Waals surface area contributed by atoms with Crippen LogP contribution >= 0.6 is 11.6 Å². The Labute approximate surface area is 119 Å². The van der Waals surface area contributed by atoms with Crippen LogP contribution in [0.25, 0.3) is 0 Å². The maximum atomic E-state index is 13.6. The average Bonchev–Trinajstić information content (AvgIpc) is 2.37. The maximum absolute atomic E-state index is 13.6. The topological polar surface area (TPSA) is 72.6 Å². The van der Waals surface area contributed by atoms with Gasteiger partial charge in [0.1, 0.15) is 23.7 Å². The van der Waals surface area contributed by atoms with Gasteiger partial charge in [-0.1, -0.05) is 17.7 Å². The normalized spacial score (nSPS) is 10.3. The van der Waals surface area contributed by atoms with Gasteiger partial charge >= 0.3 is 5.97 Å². The molecule has 0 aliphatic heterocycles. The lowest BCUT2D eigenvalue weighted by molar-refractivity contribution is 0.0692. The summed E-state index contributed by atoms with van der Waals surface area (Å²) in [4.78, 5) is 11.0. The fourth-order valence-electron chi connectivity index (χ4n) is 1.63. The lowest BCUT2D eigenvalue weighted by atomic mass is 10.2. The van der Waals surface area contributed by atoms with Crippen LogP contribution in [0.5, 0.6) is 5.75 Å². The Balaban J connectivity index is 2.22. The van der Waals surface area contributed by atoms with E-state index in [4.69, 9.17) is 27.2 Å². The summed E-state index contributed by atoms with van der Waals surface area (Å²) in [5.74, 6) is -1.57. The molecule has 0 aromatic heterocycles. The van der Waals surface area contributed by atoms with E-state index < -0.39 is 11.8 Å². The van der Waals surface area contributed by atoms with Crippen LogP contribution in [-0.4, -0.2) is 11.1 Å². The van der Waals surface area contributed by atoms with E-state index >= 15 is 0 Å². The molecular formula is C14H11ClFNO3. The molecule has 20 heavy (non-hydrogen) atoms. The monoisotopic (exact) mass is 295 g/mol. The summed E-state index contributed by atoms with van der Waals surface area (Å²) in [7, 11) is 0. The molecule has 0 heterocycles. The van der Waals surface area contributed by atoms with Crippen LogP contribution < -0.4 is 10.5 Å². The number of hydrogen-bond acceptors (Lipinski definition) is 3. The van der Waals surface area contributed by atoms with Gasteiger partial charge in [0, 0.05) is 22.3 Å². The molecule has 0 saturated heterocycles. The number of anilines is 1.